The lowest BCUT2D eigenvalue weighted by Gasteiger charge is -2.10. The molecule has 1 N–H and O–H groups in total. The minimum atomic E-state index is -0.697. The molecule has 0 unspecified atom stereocenters. The number of nitrogens with one attached hydrogen (secondary N) is 1. The normalized spacial score (nSPS) is 11.0. The van der Waals surface area contributed by atoms with Gasteiger partial charge in [-0.25, -0.2) is 9.82 Å². The number of carbonyl (C=O) groups is 1. The maximum atomic E-state index is 13.2. The van der Waals surface area contributed by atoms with Crippen molar-refractivity contribution in [1.82, 2.24) is 15.2 Å². The Morgan fingerprint density at radius 1 is 1.19 bits per heavy atom. The number of aromatic nitrogens is 2. The van der Waals surface area contributed by atoms with Crippen LogP contribution in [0.5, 0.6) is 0 Å². The predicted molar refractivity (Wildman–Crippen MR) is 115 cm³/mol. The van der Waals surface area contributed by atoms with Crippen molar-refractivity contribution in [3.63, 3.8) is 0 Å². The van der Waals surface area contributed by atoms with Crippen molar-refractivity contribution in [2.75, 3.05) is 0 Å². The first-order chi connectivity index (χ1) is 14.8. The Labute approximate surface area is 178 Å². The Morgan fingerprint density at radius 2 is 1.84 bits per heavy atom. The van der Waals surface area contributed by atoms with Crippen molar-refractivity contribution in [1.29, 1.82) is 5.26 Å². The Bertz CT molecular complexity index is 1240. The Kier molecular flexibility index (Phi) is 6.36. The van der Waals surface area contributed by atoms with E-state index in [0.717, 1.165) is 22.4 Å². The van der Waals surface area contributed by atoms with E-state index >= 15 is 0 Å². The number of rotatable bonds is 5. The van der Waals surface area contributed by atoms with Gasteiger partial charge in [0.05, 0.1) is 11.9 Å². The zero-order valence-electron chi connectivity index (χ0n) is 17.3. The van der Waals surface area contributed by atoms with Gasteiger partial charge in [-0.2, -0.15) is 20.1 Å². The van der Waals surface area contributed by atoms with Gasteiger partial charge >= 0.3 is 0 Å². The first-order valence-corrected chi connectivity index (χ1v) is 9.55. The zero-order valence-corrected chi connectivity index (χ0v) is 17.3. The van der Waals surface area contributed by atoms with Crippen LogP contribution in [0.1, 0.15) is 52.5 Å². The third-order valence-electron chi connectivity index (χ3n) is 4.72. The van der Waals surface area contributed by atoms with E-state index in [1.54, 1.807) is 0 Å². The molecule has 2 aromatic carbocycles. The number of benzene rings is 2. The lowest BCUT2D eigenvalue weighted by atomic mass is 10.0. The van der Waals surface area contributed by atoms with E-state index < -0.39 is 17.3 Å². The number of hydrazone groups is 1. The first-order valence-electron chi connectivity index (χ1n) is 9.55. The van der Waals surface area contributed by atoms with Gasteiger partial charge in [-0.05, 0) is 48.2 Å². The van der Waals surface area contributed by atoms with Crippen molar-refractivity contribution >= 4 is 12.1 Å². The van der Waals surface area contributed by atoms with Crippen molar-refractivity contribution in [3.05, 3.63) is 92.6 Å². The number of hydrogen-bond donors (Lipinski definition) is 1. The van der Waals surface area contributed by atoms with E-state index in [0.29, 0.717) is 5.92 Å². The third-order valence-corrected chi connectivity index (χ3v) is 4.72. The van der Waals surface area contributed by atoms with Gasteiger partial charge in [0, 0.05) is 5.56 Å². The van der Waals surface area contributed by atoms with E-state index in [2.05, 4.69) is 29.5 Å². The number of nitrogens with zero attached hydrogens (tertiary/aromatic N) is 4. The molecule has 0 fully saturated rings. The van der Waals surface area contributed by atoms with Crippen LogP contribution in [-0.2, 0) is 0 Å². The summed E-state index contributed by atoms with van der Waals surface area (Å²) in [4.78, 5) is 25.2. The highest BCUT2D eigenvalue weighted by atomic mass is 19.1. The molecule has 156 valence electrons. The number of hydrogen-bond acceptors (Lipinski definition) is 5. The predicted octanol–water partition coefficient (Wildman–Crippen LogP) is 3.44. The largest absolute Gasteiger partial charge is 0.292 e. The van der Waals surface area contributed by atoms with Crippen LogP contribution in [0, 0.1) is 24.1 Å². The molecule has 1 aromatic heterocycles. The van der Waals surface area contributed by atoms with E-state index in [-0.39, 0.29) is 22.5 Å². The monoisotopic (exact) mass is 417 g/mol. The summed E-state index contributed by atoms with van der Waals surface area (Å²) in [5.74, 6) is -0.760. The Morgan fingerprint density at radius 3 is 2.42 bits per heavy atom. The molecule has 0 spiro atoms. The molecule has 1 amide bonds. The number of carbonyl (C=O) groups excluding carboxylic acids is 1. The molecule has 7 nitrogen and oxygen atoms in total. The molecule has 3 rings (SSSR count). The van der Waals surface area contributed by atoms with Crippen molar-refractivity contribution in [3.8, 4) is 11.8 Å². The van der Waals surface area contributed by atoms with Gasteiger partial charge in [-0.15, -0.1) is 0 Å². The molecule has 0 saturated carbocycles. The minimum absolute atomic E-state index is 0.132. The molecular formula is C23H20FN5O2. The molecule has 0 aliphatic heterocycles. The average Bonchev–Trinajstić information content (AvgIpc) is 2.75. The summed E-state index contributed by atoms with van der Waals surface area (Å²) in [5.41, 5.74) is 3.66. The highest BCUT2D eigenvalue weighted by molar-refractivity contribution is 5.94. The van der Waals surface area contributed by atoms with Gasteiger partial charge in [-0.3, -0.25) is 9.59 Å². The fourth-order valence-corrected chi connectivity index (χ4v) is 2.90. The highest BCUT2D eigenvalue weighted by Gasteiger charge is 2.20. The van der Waals surface area contributed by atoms with Gasteiger partial charge in [0.15, 0.2) is 5.69 Å². The van der Waals surface area contributed by atoms with Crippen LogP contribution in [-0.4, -0.2) is 21.9 Å². The fourth-order valence-electron chi connectivity index (χ4n) is 2.90. The van der Waals surface area contributed by atoms with Crippen molar-refractivity contribution in [2.45, 2.75) is 26.7 Å². The van der Waals surface area contributed by atoms with Gasteiger partial charge < -0.3 is 0 Å². The van der Waals surface area contributed by atoms with Gasteiger partial charge in [0.2, 0.25) is 0 Å². The van der Waals surface area contributed by atoms with Gasteiger partial charge in [-0.1, -0.05) is 38.1 Å². The van der Waals surface area contributed by atoms with Crippen LogP contribution in [0.25, 0.3) is 5.69 Å². The maximum absolute atomic E-state index is 13.2. The van der Waals surface area contributed by atoms with Crippen LogP contribution in [0.3, 0.4) is 0 Å². The van der Waals surface area contributed by atoms with E-state index in [9.17, 15) is 19.2 Å². The average molecular weight is 417 g/mol. The summed E-state index contributed by atoms with van der Waals surface area (Å²) in [6, 6.07) is 14.5. The second-order valence-corrected chi connectivity index (χ2v) is 7.17. The SMILES string of the molecule is Cc1c(C(=O)N/N=C/c2ccc(C(C)C)cc2)nn(-c2ccc(F)cc2)c(=O)c1C#N. The van der Waals surface area contributed by atoms with Gasteiger partial charge in [0.25, 0.3) is 11.5 Å². The van der Waals surface area contributed by atoms with Gasteiger partial charge in [0.1, 0.15) is 17.4 Å². The molecule has 0 radical (unpaired) electrons. The van der Waals surface area contributed by atoms with Crippen LogP contribution in [0.15, 0.2) is 58.4 Å². The zero-order chi connectivity index (χ0) is 22.5. The van der Waals surface area contributed by atoms with Crippen molar-refractivity contribution in [2.24, 2.45) is 5.10 Å². The molecule has 31 heavy (non-hydrogen) atoms. The fraction of sp³-hybridized carbons (Fsp3) is 0.174. The number of amides is 1. The highest BCUT2D eigenvalue weighted by Crippen LogP contribution is 2.14. The molecule has 0 bridgehead atoms. The summed E-state index contributed by atoms with van der Waals surface area (Å²) in [6.45, 7) is 5.66. The summed E-state index contributed by atoms with van der Waals surface area (Å²) in [7, 11) is 0. The molecular weight excluding hydrogens is 397 g/mol. The molecule has 3 aromatic rings. The molecule has 8 heteroatoms. The third kappa shape index (κ3) is 4.73. The second kappa shape index (κ2) is 9.13. The van der Waals surface area contributed by atoms with E-state index in [1.807, 2.05) is 30.3 Å². The summed E-state index contributed by atoms with van der Waals surface area (Å²) < 4.78 is 14.1. The summed E-state index contributed by atoms with van der Waals surface area (Å²) in [6.07, 6.45) is 1.48. The smallest absolute Gasteiger partial charge is 0.266 e. The first kappa shape index (κ1) is 21.6. The van der Waals surface area contributed by atoms with E-state index in [1.165, 1.54) is 30.8 Å². The summed E-state index contributed by atoms with van der Waals surface area (Å²) in [5, 5.41) is 17.4. The lowest BCUT2D eigenvalue weighted by Crippen LogP contribution is -2.31. The second-order valence-electron chi connectivity index (χ2n) is 7.17. The lowest BCUT2D eigenvalue weighted by molar-refractivity contribution is 0.0947. The molecule has 0 aliphatic rings. The van der Waals surface area contributed by atoms with E-state index in [4.69, 9.17) is 0 Å². The standard InChI is InChI=1S/C23H20FN5O2/c1-14(2)17-6-4-16(5-7-17)13-26-27-22(30)21-15(3)20(12-25)23(31)29(28-21)19-10-8-18(24)9-11-19/h4-11,13-14H,1-3H3,(H,27,30)/b26-13+. The number of nitriles is 1. The maximum Gasteiger partial charge on any atom is 0.292 e. The quantitative estimate of drug-likeness (QED) is 0.508. The number of halogens is 1. The van der Waals surface area contributed by atoms with Crippen molar-refractivity contribution < 1.29 is 9.18 Å². The Hall–Kier alpha value is -4.12. The topological polar surface area (TPSA) is 100 Å². The molecule has 0 atom stereocenters. The molecule has 0 saturated heterocycles. The van der Waals surface area contributed by atoms with Crippen LogP contribution in [0.2, 0.25) is 0 Å². The Balaban J connectivity index is 1.89. The molecule has 1 heterocycles. The summed E-state index contributed by atoms with van der Waals surface area (Å²) >= 11 is 0. The minimum Gasteiger partial charge on any atom is -0.266 e. The van der Waals surface area contributed by atoms with Crippen LogP contribution in [0.4, 0.5) is 4.39 Å². The van der Waals surface area contributed by atoms with Crippen LogP contribution >= 0.6 is 0 Å². The van der Waals surface area contributed by atoms with Crippen LogP contribution < -0.4 is 11.0 Å². The molecule has 0 aliphatic carbocycles.